The number of ether oxygens (including phenoxy) is 1. The Balaban J connectivity index is 1.83. The van der Waals surface area contributed by atoms with Gasteiger partial charge in [0, 0.05) is 23.8 Å². The van der Waals surface area contributed by atoms with Gasteiger partial charge in [0.2, 0.25) is 5.95 Å². The second-order valence-electron chi connectivity index (χ2n) is 6.19. The lowest BCUT2D eigenvalue weighted by atomic mass is 10.1. The fraction of sp³-hybridized carbons (Fsp3) is 0.353. The van der Waals surface area contributed by atoms with Crippen LogP contribution in [0.15, 0.2) is 27.6 Å². The Labute approximate surface area is 152 Å². The molecule has 2 aromatic heterocycles. The average molecular weight is 404 g/mol. The molecule has 0 unspecified atom stereocenters. The van der Waals surface area contributed by atoms with Gasteiger partial charge in [-0.3, -0.25) is 9.78 Å². The molecule has 3 aromatic rings. The molecule has 4 rings (SSSR count). The highest BCUT2D eigenvalue weighted by molar-refractivity contribution is 9.10. The number of halogens is 1. The van der Waals surface area contributed by atoms with Crippen molar-refractivity contribution in [2.45, 2.75) is 13.8 Å². The van der Waals surface area contributed by atoms with E-state index in [0.29, 0.717) is 43.3 Å². The molecule has 130 valence electrons. The summed E-state index contributed by atoms with van der Waals surface area (Å²) in [4.78, 5) is 21.9. The molecule has 0 bridgehead atoms. The third-order valence-corrected chi connectivity index (χ3v) is 4.83. The van der Waals surface area contributed by atoms with E-state index in [4.69, 9.17) is 4.74 Å². The number of hydrogen-bond acceptors (Lipinski definition) is 5. The van der Waals surface area contributed by atoms with Crippen molar-refractivity contribution in [3.63, 3.8) is 0 Å². The number of benzene rings is 1. The largest absolute Gasteiger partial charge is 0.378 e. The maximum absolute atomic E-state index is 12.5. The lowest BCUT2D eigenvalue weighted by molar-refractivity contribution is 0.122. The van der Waals surface area contributed by atoms with Crippen molar-refractivity contribution in [3.8, 4) is 5.69 Å². The molecular weight excluding hydrogens is 386 g/mol. The number of aromatic amines is 1. The number of anilines is 1. The van der Waals surface area contributed by atoms with Gasteiger partial charge in [-0.1, -0.05) is 15.9 Å². The van der Waals surface area contributed by atoms with Crippen LogP contribution in [0.3, 0.4) is 0 Å². The van der Waals surface area contributed by atoms with Crippen LogP contribution in [0.25, 0.3) is 16.7 Å². The number of H-pyrrole nitrogens is 1. The Morgan fingerprint density at radius 3 is 2.56 bits per heavy atom. The molecule has 3 heterocycles. The van der Waals surface area contributed by atoms with Gasteiger partial charge >= 0.3 is 0 Å². The van der Waals surface area contributed by atoms with Crippen molar-refractivity contribution >= 4 is 32.9 Å². The summed E-state index contributed by atoms with van der Waals surface area (Å²) < 4.78 is 8.12. The van der Waals surface area contributed by atoms with E-state index in [0.717, 1.165) is 21.3 Å². The minimum atomic E-state index is -0.176. The van der Waals surface area contributed by atoms with E-state index >= 15 is 0 Å². The average Bonchev–Trinajstić information content (AvgIpc) is 2.99. The van der Waals surface area contributed by atoms with Crippen molar-refractivity contribution in [1.29, 1.82) is 0 Å². The Morgan fingerprint density at radius 2 is 1.88 bits per heavy atom. The zero-order valence-corrected chi connectivity index (χ0v) is 15.6. The molecule has 0 atom stereocenters. The van der Waals surface area contributed by atoms with Gasteiger partial charge in [0.05, 0.1) is 18.9 Å². The molecule has 1 saturated heterocycles. The van der Waals surface area contributed by atoms with Gasteiger partial charge < -0.3 is 9.64 Å². The zero-order chi connectivity index (χ0) is 17.6. The van der Waals surface area contributed by atoms with Crippen LogP contribution in [0.5, 0.6) is 0 Å². The Bertz CT molecular complexity index is 981. The first kappa shape index (κ1) is 16.3. The van der Waals surface area contributed by atoms with Crippen LogP contribution in [-0.4, -0.2) is 46.1 Å². The quantitative estimate of drug-likeness (QED) is 0.710. The van der Waals surface area contributed by atoms with Crippen LogP contribution in [0.2, 0.25) is 0 Å². The summed E-state index contributed by atoms with van der Waals surface area (Å²) in [5.74, 6) is 0.551. The Kier molecular flexibility index (Phi) is 4.09. The summed E-state index contributed by atoms with van der Waals surface area (Å²) in [6, 6.07) is 4.07. The number of aromatic nitrogens is 4. The predicted molar refractivity (Wildman–Crippen MR) is 99.7 cm³/mol. The van der Waals surface area contributed by atoms with Gasteiger partial charge in [-0.05, 0) is 37.1 Å². The third kappa shape index (κ3) is 2.96. The smallest absolute Gasteiger partial charge is 0.263 e. The van der Waals surface area contributed by atoms with E-state index in [-0.39, 0.29) is 5.56 Å². The van der Waals surface area contributed by atoms with Crippen LogP contribution in [0.4, 0.5) is 5.95 Å². The molecule has 0 amide bonds. The summed E-state index contributed by atoms with van der Waals surface area (Å²) in [6.45, 7) is 6.73. The van der Waals surface area contributed by atoms with E-state index in [9.17, 15) is 4.79 Å². The van der Waals surface area contributed by atoms with E-state index in [1.54, 1.807) is 10.9 Å². The molecule has 25 heavy (non-hydrogen) atoms. The van der Waals surface area contributed by atoms with Crippen molar-refractivity contribution in [2.75, 3.05) is 31.2 Å². The predicted octanol–water partition coefficient (Wildman–Crippen LogP) is 2.32. The molecule has 7 nitrogen and oxygen atoms in total. The maximum Gasteiger partial charge on any atom is 0.263 e. The van der Waals surface area contributed by atoms with Crippen molar-refractivity contribution in [2.24, 2.45) is 0 Å². The molecular formula is C17H18BrN5O2. The summed E-state index contributed by atoms with van der Waals surface area (Å²) >= 11 is 3.51. The molecule has 8 heteroatoms. The Morgan fingerprint density at radius 1 is 1.20 bits per heavy atom. The topological polar surface area (TPSA) is 76.0 Å². The fourth-order valence-corrected chi connectivity index (χ4v) is 3.90. The standard InChI is InChI=1S/C17H18BrN5O2/c1-10-7-12(18)8-11(2)14(10)23-9-13-15(21-23)19-17(20-16(13)24)22-3-5-25-6-4-22/h7-9H,3-6H2,1-2H3,(H,19,20,21,24). The van der Waals surface area contributed by atoms with Crippen LogP contribution in [0.1, 0.15) is 11.1 Å². The van der Waals surface area contributed by atoms with E-state index in [2.05, 4.69) is 31.0 Å². The van der Waals surface area contributed by atoms with Gasteiger partial charge in [0.25, 0.3) is 5.56 Å². The number of hydrogen-bond donors (Lipinski definition) is 1. The number of rotatable bonds is 2. The van der Waals surface area contributed by atoms with Crippen LogP contribution < -0.4 is 10.5 Å². The first-order valence-electron chi connectivity index (χ1n) is 8.12. The fourth-order valence-electron chi connectivity index (χ4n) is 3.21. The van der Waals surface area contributed by atoms with Crippen molar-refractivity contribution in [3.05, 3.63) is 44.3 Å². The van der Waals surface area contributed by atoms with Crippen molar-refractivity contribution in [1.82, 2.24) is 19.7 Å². The monoisotopic (exact) mass is 403 g/mol. The minimum Gasteiger partial charge on any atom is -0.378 e. The molecule has 1 fully saturated rings. The molecule has 0 spiro atoms. The summed E-state index contributed by atoms with van der Waals surface area (Å²) in [5, 5.41) is 5.05. The highest BCUT2D eigenvalue weighted by Crippen LogP contribution is 2.24. The van der Waals surface area contributed by atoms with E-state index in [1.165, 1.54) is 0 Å². The number of nitrogens with zero attached hydrogens (tertiary/aromatic N) is 4. The molecule has 1 aromatic carbocycles. The third-order valence-electron chi connectivity index (χ3n) is 4.37. The zero-order valence-electron chi connectivity index (χ0n) is 14.0. The molecule has 1 aliphatic heterocycles. The maximum atomic E-state index is 12.5. The second-order valence-corrected chi connectivity index (χ2v) is 7.10. The van der Waals surface area contributed by atoms with Gasteiger partial charge in [-0.25, -0.2) is 4.68 Å². The number of fused-ring (bicyclic) bond motifs is 1. The first-order valence-corrected chi connectivity index (χ1v) is 8.92. The van der Waals surface area contributed by atoms with Crippen LogP contribution in [-0.2, 0) is 4.74 Å². The number of morpholine rings is 1. The summed E-state index contributed by atoms with van der Waals surface area (Å²) in [6.07, 6.45) is 1.74. The van der Waals surface area contributed by atoms with Crippen LogP contribution >= 0.6 is 15.9 Å². The lowest BCUT2D eigenvalue weighted by Gasteiger charge is -2.26. The molecule has 0 radical (unpaired) electrons. The normalized spacial score (nSPS) is 15.1. The van der Waals surface area contributed by atoms with E-state index in [1.807, 2.05) is 30.9 Å². The minimum absolute atomic E-state index is 0.176. The Hall–Kier alpha value is -2.19. The number of nitrogens with one attached hydrogen (secondary N) is 1. The highest BCUT2D eigenvalue weighted by Gasteiger charge is 2.17. The van der Waals surface area contributed by atoms with Gasteiger partial charge in [0.1, 0.15) is 5.39 Å². The van der Waals surface area contributed by atoms with Gasteiger partial charge in [0.15, 0.2) is 5.65 Å². The molecule has 1 aliphatic rings. The van der Waals surface area contributed by atoms with E-state index < -0.39 is 0 Å². The van der Waals surface area contributed by atoms with Gasteiger partial charge in [-0.2, -0.15) is 4.98 Å². The summed E-state index contributed by atoms with van der Waals surface area (Å²) in [7, 11) is 0. The number of aryl methyl sites for hydroxylation is 2. The molecule has 1 N–H and O–H groups in total. The molecule has 0 saturated carbocycles. The lowest BCUT2D eigenvalue weighted by Crippen LogP contribution is -2.38. The highest BCUT2D eigenvalue weighted by atomic mass is 79.9. The van der Waals surface area contributed by atoms with Gasteiger partial charge in [-0.15, -0.1) is 5.10 Å². The molecule has 0 aliphatic carbocycles. The van der Waals surface area contributed by atoms with Crippen molar-refractivity contribution < 1.29 is 4.74 Å². The second kappa shape index (κ2) is 6.27. The SMILES string of the molecule is Cc1cc(Br)cc(C)c1-n1cc2c(=O)[nH]c(N3CCOCC3)nc2n1. The van der Waals surface area contributed by atoms with Crippen LogP contribution in [0, 0.1) is 13.8 Å². The summed E-state index contributed by atoms with van der Waals surface area (Å²) in [5.41, 5.74) is 3.39. The first-order chi connectivity index (χ1) is 12.0.